The predicted molar refractivity (Wildman–Crippen MR) is 117 cm³/mol. The fourth-order valence-corrected chi connectivity index (χ4v) is 3.96. The van der Waals surface area contributed by atoms with Gasteiger partial charge in [0, 0.05) is 18.2 Å². The molecular weight excluding hydrogens is 396 g/mol. The maximum absolute atomic E-state index is 13.5. The number of methoxy groups -OCH3 is 2. The molecule has 1 saturated carbocycles. The molecule has 0 radical (unpaired) electrons. The molecule has 1 aliphatic rings. The standard InChI is InChI=1S/C24H30N2O5/c1-29-20-10-6-7-18(14-20)24(28)26(19-8-4-3-5-9-19)15-17-11-12-21(22(13-17)30-2)31-16-23(25)27/h6-7,10-14,19H,3-5,8-9,15-16H2,1-2H3,(H2,25,27). The molecule has 2 aromatic rings. The number of ether oxygens (including phenoxy) is 3. The smallest absolute Gasteiger partial charge is 0.255 e. The second kappa shape index (κ2) is 10.7. The van der Waals surface area contributed by atoms with E-state index in [1.165, 1.54) is 13.5 Å². The summed E-state index contributed by atoms with van der Waals surface area (Å²) in [7, 11) is 3.13. The van der Waals surface area contributed by atoms with Crippen LogP contribution in [0.15, 0.2) is 42.5 Å². The minimum absolute atomic E-state index is 0.0150. The van der Waals surface area contributed by atoms with Crippen LogP contribution in [0.3, 0.4) is 0 Å². The number of rotatable bonds is 9. The van der Waals surface area contributed by atoms with Crippen LogP contribution in [-0.2, 0) is 11.3 Å². The van der Waals surface area contributed by atoms with Crippen LogP contribution in [0, 0.1) is 0 Å². The van der Waals surface area contributed by atoms with Crippen molar-refractivity contribution in [1.29, 1.82) is 0 Å². The van der Waals surface area contributed by atoms with Crippen molar-refractivity contribution in [3.63, 3.8) is 0 Å². The van der Waals surface area contributed by atoms with Crippen molar-refractivity contribution in [2.24, 2.45) is 5.73 Å². The number of amides is 2. The average Bonchev–Trinajstić information content (AvgIpc) is 2.81. The van der Waals surface area contributed by atoms with Gasteiger partial charge in [-0.15, -0.1) is 0 Å². The van der Waals surface area contributed by atoms with E-state index in [1.807, 2.05) is 35.2 Å². The minimum Gasteiger partial charge on any atom is -0.497 e. The van der Waals surface area contributed by atoms with Crippen LogP contribution in [-0.4, -0.2) is 43.6 Å². The van der Waals surface area contributed by atoms with Crippen molar-refractivity contribution in [3.05, 3.63) is 53.6 Å². The molecule has 0 heterocycles. The molecule has 0 atom stereocenters. The van der Waals surface area contributed by atoms with Gasteiger partial charge in [-0.25, -0.2) is 0 Å². The molecule has 1 aliphatic carbocycles. The van der Waals surface area contributed by atoms with Crippen LogP contribution in [0.25, 0.3) is 0 Å². The van der Waals surface area contributed by atoms with Crippen molar-refractivity contribution in [1.82, 2.24) is 4.90 Å². The third-order valence-corrected chi connectivity index (χ3v) is 5.54. The van der Waals surface area contributed by atoms with Crippen molar-refractivity contribution in [3.8, 4) is 17.2 Å². The molecule has 2 amide bonds. The summed E-state index contributed by atoms with van der Waals surface area (Å²) >= 11 is 0. The minimum atomic E-state index is -0.557. The molecule has 2 N–H and O–H groups in total. The zero-order chi connectivity index (χ0) is 22.2. The molecule has 3 rings (SSSR count). The zero-order valence-corrected chi connectivity index (χ0v) is 18.1. The molecule has 0 unspecified atom stereocenters. The molecule has 31 heavy (non-hydrogen) atoms. The molecule has 0 saturated heterocycles. The maximum atomic E-state index is 13.5. The van der Waals surface area contributed by atoms with Gasteiger partial charge in [0.2, 0.25) is 0 Å². The lowest BCUT2D eigenvalue weighted by Crippen LogP contribution is -2.41. The number of nitrogens with zero attached hydrogens (tertiary/aromatic N) is 1. The topological polar surface area (TPSA) is 91.1 Å². The van der Waals surface area contributed by atoms with Crippen LogP contribution in [0.2, 0.25) is 0 Å². The van der Waals surface area contributed by atoms with Crippen molar-refractivity contribution < 1.29 is 23.8 Å². The molecule has 166 valence electrons. The Morgan fingerprint density at radius 3 is 2.45 bits per heavy atom. The number of nitrogens with two attached hydrogens (primary N) is 1. The number of carbonyl (C=O) groups is 2. The average molecular weight is 427 g/mol. The summed E-state index contributed by atoms with van der Waals surface area (Å²) in [5, 5.41) is 0. The molecule has 0 spiro atoms. The van der Waals surface area contributed by atoms with Crippen LogP contribution in [0.5, 0.6) is 17.2 Å². The van der Waals surface area contributed by atoms with Gasteiger partial charge in [-0.2, -0.15) is 0 Å². The van der Waals surface area contributed by atoms with E-state index in [1.54, 1.807) is 19.2 Å². The van der Waals surface area contributed by atoms with E-state index in [2.05, 4.69) is 0 Å². The van der Waals surface area contributed by atoms with Crippen LogP contribution < -0.4 is 19.9 Å². The van der Waals surface area contributed by atoms with Gasteiger partial charge in [-0.3, -0.25) is 9.59 Å². The molecule has 1 fully saturated rings. The zero-order valence-electron chi connectivity index (χ0n) is 18.1. The summed E-state index contributed by atoms with van der Waals surface area (Å²) in [5.41, 5.74) is 6.69. The Morgan fingerprint density at radius 2 is 1.77 bits per heavy atom. The fraction of sp³-hybridized carbons (Fsp3) is 0.417. The first-order valence-corrected chi connectivity index (χ1v) is 10.5. The highest BCUT2D eigenvalue weighted by molar-refractivity contribution is 5.94. The summed E-state index contributed by atoms with van der Waals surface area (Å²) in [4.78, 5) is 26.4. The van der Waals surface area contributed by atoms with Gasteiger partial charge in [-0.1, -0.05) is 31.4 Å². The van der Waals surface area contributed by atoms with Gasteiger partial charge >= 0.3 is 0 Å². The van der Waals surface area contributed by atoms with Crippen LogP contribution in [0.1, 0.15) is 48.0 Å². The van der Waals surface area contributed by atoms with Gasteiger partial charge in [0.15, 0.2) is 18.1 Å². The number of hydrogen-bond acceptors (Lipinski definition) is 5. The Labute approximate surface area is 183 Å². The van der Waals surface area contributed by atoms with E-state index in [9.17, 15) is 9.59 Å². The Balaban J connectivity index is 1.86. The lowest BCUT2D eigenvalue weighted by atomic mass is 9.93. The Bertz CT molecular complexity index is 909. The van der Waals surface area contributed by atoms with E-state index in [-0.39, 0.29) is 18.6 Å². The summed E-state index contributed by atoms with van der Waals surface area (Å²) in [6, 6.07) is 12.9. The van der Waals surface area contributed by atoms with E-state index >= 15 is 0 Å². The predicted octanol–water partition coefficient (Wildman–Crippen LogP) is 3.54. The Morgan fingerprint density at radius 1 is 1.00 bits per heavy atom. The Kier molecular flexibility index (Phi) is 7.76. The van der Waals surface area contributed by atoms with E-state index in [4.69, 9.17) is 19.9 Å². The monoisotopic (exact) mass is 426 g/mol. The molecule has 7 nitrogen and oxygen atoms in total. The third kappa shape index (κ3) is 5.90. The highest BCUT2D eigenvalue weighted by atomic mass is 16.5. The van der Waals surface area contributed by atoms with Gasteiger partial charge in [0.25, 0.3) is 11.8 Å². The highest BCUT2D eigenvalue weighted by Gasteiger charge is 2.27. The quantitative estimate of drug-likeness (QED) is 0.662. The summed E-state index contributed by atoms with van der Waals surface area (Å²) in [6.07, 6.45) is 5.43. The largest absolute Gasteiger partial charge is 0.497 e. The van der Waals surface area contributed by atoms with Crippen LogP contribution >= 0.6 is 0 Å². The third-order valence-electron chi connectivity index (χ3n) is 5.54. The summed E-state index contributed by atoms with van der Waals surface area (Å²) in [5.74, 6) is 1.02. The van der Waals surface area contributed by atoms with Gasteiger partial charge in [-0.05, 0) is 48.7 Å². The lowest BCUT2D eigenvalue weighted by Gasteiger charge is -2.35. The highest BCUT2D eigenvalue weighted by Crippen LogP contribution is 2.31. The van der Waals surface area contributed by atoms with Gasteiger partial charge in [0.1, 0.15) is 5.75 Å². The van der Waals surface area contributed by atoms with Crippen molar-refractivity contribution in [2.75, 3.05) is 20.8 Å². The van der Waals surface area contributed by atoms with E-state index in [0.29, 0.717) is 29.4 Å². The maximum Gasteiger partial charge on any atom is 0.255 e. The van der Waals surface area contributed by atoms with Crippen molar-refractivity contribution in [2.45, 2.75) is 44.7 Å². The van der Waals surface area contributed by atoms with E-state index in [0.717, 1.165) is 31.2 Å². The van der Waals surface area contributed by atoms with Crippen molar-refractivity contribution >= 4 is 11.8 Å². The normalized spacial score (nSPS) is 14.0. The SMILES string of the molecule is COc1cccc(C(=O)N(Cc2ccc(OCC(N)=O)c(OC)c2)C2CCCCC2)c1. The first-order chi connectivity index (χ1) is 15.0. The molecule has 0 aliphatic heterocycles. The molecule has 7 heteroatoms. The molecule has 0 bridgehead atoms. The Hall–Kier alpha value is -3.22. The second-order valence-corrected chi connectivity index (χ2v) is 7.70. The molecule has 2 aromatic carbocycles. The van der Waals surface area contributed by atoms with Gasteiger partial charge < -0.3 is 24.8 Å². The van der Waals surface area contributed by atoms with Gasteiger partial charge in [0.05, 0.1) is 14.2 Å². The summed E-state index contributed by atoms with van der Waals surface area (Å²) < 4.78 is 16.1. The molecular formula is C24H30N2O5. The first kappa shape index (κ1) is 22.5. The second-order valence-electron chi connectivity index (χ2n) is 7.70. The number of carbonyl (C=O) groups excluding carboxylic acids is 2. The van der Waals surface area contributed by atoms with Crippen LogP contribution in [0.4, 0.5) is 0 Å². The fourth-order valence-electron chi connectivity index (χ4n) is 3.96. The van der Waals surface area contributed by atoms with E-state index < -0.39 is 5.91 Å². The number of primary amides is 1. The first-order valence-electron chi connectivity index (χ1n) is 10.5. The number of benzene rings is 2. The summed E-state index contributed by atoms with van der Waals surface area (Å²) in [6.45, 7) is 0.228. The lowest BCUT2D eigenvalue weighted by molar-refractivity contribution is -0.119. The number of hydrogen-bond donors (Lipinski definition) is 1. The molecule has 0 aromatic heterocycles.